The number of aliphatic hydroxyl groups excluding tert-OH is 1. The molecule has 1 aliphatic carbocycles. The number of aliphatic hydroxyl groups is 1. The Morgan fingerprint density at radius 2 is 1.37 bits per heavy atom. The molecule has 2 N–H and O–H groups in total. The number of amides is 2. The number of Topliss-reactive ketones (excluding diaryl/α,β-unsaturated/α-hetero) is 1. The number of allylic oxidation sites excluding steroid dienone is 2. The van der Waals surface area contributed by atoms with Crippen LogP contribution in [0.4, 0.5) is 17.1 Å². The number of hydrogen-bond acceptors (Lipinski definition) is 6. The topological polar surface area (TPSA) is 102 Å². The van der Waals surface area contributed by atoms with Gasteiger partial charge in [-0.05, 0) is 76.9 Å². The number of nitrogens with one attached hydrogen (secondary N) is 1. The monoisotopic (exact) mass is 582 g/mol. The molecule has 0 saturated carbocycles. The van der Waals surface area contributed by atoms with E-state index in [0.29, 0.717) is 21.8 Å². The van der Waals surface area contributed by atoms with E-state index in [-0.39, 0.29) is 57.7 Å². The molecule has 226 valence electrons. The van der Waals surface area contributed by atoms with Crippen LogP contribution < -0.4 is 25.7 Å². The molecule has 43 heavy (non-hydrogen) atoms. The van der Waals surface area contributed by atoms with E-state index in [4.69, 9.17) is 0 Å². The van der Waals surface area contributed by atoms with Crippen molar-refractivity contribution in [1.82, 2.24) is 0 Å². The summed E-state index contributed by atoms with van der Waals surface area (Å²) >= 11 is 0. The third-order valence-electron chi connectivity index (χ3n) is 10.5. The Bertz CT molecular complexity index is 1800. The van der Waals surface area contributed by atoms with Gasteiger partial charge in [-0.15, -0.1) is 0 Å². The SMILES string of the molecule is CC(C)N1c2cc3c(cc2C(C)(C)C1C)C1=C(O)/C(=c2\cc4c(cc2=NC(=O)CC(=O)N3)N(C(C)C)C(C)C4(C)C)C1=O. The molecular formula is C35H42N4O4. The average molecular weight is 583 g/mol. The molecule has 5 aliphatic rings. The van der Waals surface area contributed by atoms with Gasteiger partial charge in [0, 0.05) is 57.2 Å². The molecule has 0 saturated heterocycles. The van der Waals surface area contributed by atoms with Crippen LogP contribution in [0, 0.1) is 0 Å². The minimum absolute atomic E-state index is 0.140. The highest BCUT2D eigenvalue weighted by Crippen LogP contribution is 2.51. The number of anilines is 3. The molecular weight excluding hydrogens is 540 g/mol. The Morgan fingerprint density at radius 1 is 0.837 bits per heavy atom. The number of nitrogens with zero attached hydrogens (tertiary/aromatic N) is 3. The summed E-state index contributed by atoms with van der Waals surface area (Å²) < 4.78 is 0. The largest absolute Gasteiger partial charge is 0.506 e. The zero-order valence-corrected chi connectivity index (χ0v) is 26.8. The number of carbonyl (C=O) groups excluding carboxylic acids is 3. The third-order valence-corrected chi connectivity index (χ3v) is 10.5. The molecule has 0 aromatic heterocycles. The summed E-state index contributed by atoms with van der Waals surface area (Å²) in [6.45, 7) is 21.5. The first kappa shape index (κ1) is 29.1. The summed E-state index contributed by atoms with van der Waals surface area (Å²) in [5, 5.41) is 15.2. The van der Waals surface area contributed by atoms with Crippen molar-refractivity contribution in [2.24, 2.45) is 4.99 Å². The second-order valence-corrected chi connectivity index (χ2v) is 14.3. The summed E-state index contributed by atoms with van der Waals surface area (Å²) in [6, 6.07) is 8.29. The van der Waals surface area contributed by atoms with E-state index in [1.165, 1.54) is 0 Å². The maximum absolute atomic E-state index is 14.1. The minimum Gasteiger partial charge on any atom is -0.506 e. The minimum atomic E-state index is -0.613. The standard InChI is InChI=1S/C35H42N4O4/c1-16(2)38-18(5)34(7,8)22-11-20-24(13-26(22)38)36-28(40)15-29(41)37-25-14-27-23(35(9,10)19(6)39(27)17(3)4)12-21(25)31-32(42)30(20)33(31)43/h11-14,16-19,42H,15H2,1-10H3,(H,36,40)/b31-21-,37-25?. The first-order chi connectivity index (χ1) is 20.0. The summed E-state index contributed by atoms with van der Waals surface area (Å²) in [7, 11) is 0. The van der Waals surface area contributed by atoms with Gasteiger partial charge in [-0.25, -0.2) is 4.99 Å². The smallest absolute Gasteiger partial charge is 0.255 e. The Labute approximate surface area is 253 Å². The normalized spacial score (nSPS) is 25.0. The van der Waals surface area contributed by atoms with Crippen molar-refractivity contribution in [2.75, 3.05) is 15.1 Å². The Morgan fingerprint density at radius 3 is 1.91 bits per heavy atom. The number of hydrogen-bond donors (Lipinski definition) is 2. The molecule has 8 heteroatoms. The lowest BCUT2D eigenvalue weighted by Gasteiger charge is -2.34. The number of fused-ring (bicyclic) bond motifs is 6. The van der Waals surface area contributed by atoms with E-state index in [0.717, 1.165) is 22.5 Å². The molecule has 0 radical (unpaired) electrons. The van der Waals surface area contributed by atoms with Crippen LogP contribution in [0.3, 0.4) is 0 Å². The van der Waals surface area contributed by atoms with Crippen molar-refractivity contribution in [1.29, 1.82) is 0 Å². The van der Waals surface area contributed by atoms with Crippen LogP contribution in [0.15, 0.2) is 35.0 Å². The molecule has 4 aliphatic heterocycles. The molecule has 2 atom stereocenters. The van der Waals surface area contributed by atoms with Crippen molar-refractivity contribution >= 4 is 45.8 Å². The van der Waals surface area contributed by atoms with Crippen LogP contribution in [0.25, 0.3) is 11.1 Å². The van der Waals surface area contributed by atoms with Crippen LogP contribution in [-0.2, 0) is 25.2 Å². The summed E-state index contributed by atoms with van der Waals surface area (Å²) in [4.78, 5) is 49.5. The van der Waals surface area contributed by atoms with Crippen LogP contribution in [0.1, 0.15) is 92.3 Å². The van der Waals surface area contributed by atoms with E-state index in [9.17, 15) is 19.5 Å². The Kier molecular flexibility index (Phi) is 6.29. The van der Waals surface area contributed by atoms with Crippen LogP contribution in [-0.4, -0.2) is 46.9 Å². The number of ketones is 1. The quantitative estimate of drug-likeness (QED) is 0.500. The van der Waals surface area contributed by atoms with Gasteiger partial charge in [0.25, 0.3) is 5.91 Å². The highest BCUT2D eigenvalue weighted by molar-refractivity contribution is 6.52. The second kappa shape index (κ2) is 9.28. The van der Waals surface area contributed by atoms with Gasteiger partial charge >= 0.3 is 0 Å². The highest BCUT2D eigenvalue weighted by Gasteiger charge is 2.47. The lowest BCUT2D eigenvalue weighted by molar-refractivity contribution is -0.124. The van der Waals surface area contributed by atoms with E-state index in [1.807, 2.05) is 24.3 Å². The van der Waals surface area contributed by atoms with E-state index in [2.05, 4.69) is 89.3 Å². The number of carbonyl (C=O) groups is 3. The molecule has 2 aromatic rings. The summed E-state index contributed by atoms with van der Waals surface area (Å²) in [5.74, 6) is -1.60. The van der Waals surface area contributed by atoms with Gasteiger partial charge in [-0.2, -0.15) is 0 Å². The van der Waals surface area contributed by atoms with Crippen molar-refractivity contribution in [3.63, 3.8) is 0 Å². The maximum atomic E-state index is 14.1. The van der Waals surface area contributed by atoms with Gasteiger partial charge in [-0.1, -0.05) is 27.7 Å². The van der Waals surface area contributed by atoms with E-state index < -0.39 is 18.2 Å². The maximum Gasteiger partial charge on any atom is 0.255 e. The molecule has 7 rings (SSSR count). The summed E-state index contributed by atoms with van der Waals surface area (Å²) in [6.07, 6.45) is -0.438. The van der Waals surface area contributed by atoms with Crippen LogP contribution in [0.5, 0.6) is 0 Å². The Balaban J connectivity index is 1.67. The first-order valence-corrected chi connectivity index (χ1v) is 15.3. The van der Waals surface area contributed by atoms with Gasteiger partial charge in [0.2, 0.25) is 11.7 Å². The molecule has 0 fully saturated rings. The van der Waals surface area contributed by atoms with Crippen molar-refractivity contribution in [2.45, 2.75) is 111 Å². The molecule has 8 nitrogen and oxygen atoms in total. The molecule has 2 bridgehead atoms. The fourth-order valence-electron chi connectivity index (χ4n) is 7.65. The fourth-order valence-corrected chi connectivity index (χ4v) is 7.65. The van der Waals surface area contributed by atoms with Crippen molar-refractivity contribution < 1.29 is 19.5 Å². The predicted octanol–water partition coefficient (Wildman–Crippen LogP) is 4.67. The number of benzene rings is 2. The molecule has 2 unspecified atom stereocenters. The van der Waals surface area contributed by atoms with Crippen LogP contribution >= 0.6 is 0 Å². The van der Waals surface area contributed by atoms with Crippen LogP contribution in [0.2, 0.25) is 0 Å². The molecule has 2 amide bonds. The van der Waals surface area contributed by atoms with Gasteiger partial charge in [0.1, 0.15) is 12.2 Å². The number of rotatable bonds is 2. The van der Waals surface area contributed by atoms with Gasteiger partial charge < -0.3 is 20.2 Å². The van der Waals surface area contributed by atoms with Crippen molar-refractivity contribution in [3.8, 4) is 0 Å². The fraction of sp³-hybridized carbons (Fsp3) is 0.486. The molecule has 4 heterocycles. The lowest BCUT2D eigenvalue weighted by atomic mass is 9.76. The molecule has 2 aromatic carbocycles. The van der Waals surface area contributed by atoms with Crippen molar-refractivity contribution in [3.05, 3.63) is 57.3 Å². The third kappa shape index (κ3) is 3.94. The van der Waals surface area contributed by atoms with Gasteiger partial charge in [0.15, 0.2) is 0 Å². The Hall–Kier alpha value is -3.94. The predicted molar refractivity (Wildman–Crippen MR) is 170 cm³/mol. The van der Waals surface area contributed by atoms with E-state index in [1.54, 1.807) is 0 Å². The first-order valence-electron chi connectivity index (χ1n) is 15.3. The second-order valence-electron chi connectivity index (χ2n) is 14.3. The van der Waals surface area contributed by atoms with Gasteiger partial charge in [0.05, 0.1) is 22.2 Å². The zero-order valence-electron chi connectivity index (χ0n) is 26.8. The molecule has 0 spiro atoms. The highest BCUT2D eigenvalue weighted by atomic mass is 16.3. The van der Waals surface area contributed by atoms with Gasteiger partial charge in [-0.3, -0.25) is 14.4 Å². The zero-order chi connectivity index (χ0) is 31.5. The lowest BCUT2D eigenvalue weighted by Crippen LogP contribution is -2.42. The average Bonchev–Trinajstić information content (AvgIpc) is 3.20. The van der Waals surface area contributed by atoms with E-state index >= 15 is 0 Å². The summed E-state index contributed by atoms with van der Waals surface area (Å²) in [5.41, 5.74) is 4.70.